The van der Waals surface area contributed by atoms with Gasteiger partial charge in [0.05, 0.1) is 16.5 Å². The predicted octanol–water partition coefficient (Wildman–Crippen LogP) is 4.53. The summed E-state index contributed by atoms with van der Waals surface area (Å²) in [6.07, 6.45) is -2.31. The lowest BCUT2D eigenvalue weighted by molar-refractivity contribution is -0.140. The summed E-state index contributed by atoms with van der Waals surface area (Å²) in [4.78, 5) is 15.4. The first-order chi connectivity index (χ1) is 14.7. The van der Waals surface area contributed by atoms with Crippen molar-refractivity contribution in [3.05, 3.63) is 52.2 Å². The average molecular weight is 473 g/mol. The SMILES string of the molecule is O=C(C1CCN(S(=O)(=O)c2ccccc2C(F)(F)F)CC1)N1CCC[C@@H]1c1cccs1. The van der Waals surface area contributed by atoms with Gasteiger partial charge in [0, 0.05) is 30.4 Å². The molecular weight excluding hydrogens is 449 g/mol. The number of hydrogen-bond acceptors (Lipinski definition) is 4. The summed E-state index contributed by atoms with van der Waals surface area (Å²) in [6.45, 7) is 0.740. The van der Waals surface area contributed by atoms with Crippen LogP contribution in [0.4, 0.5) is 13.2 Å². The molecule has 2 aromatic rings. The summed E-state index contributed by atoms with van der Waals surface area (Å²) in [5, 5.41) is 1.98. The van der Waals surface area contributed by atoms with Gasteiger partial charge in [0.15, 0.2) is 0 Å². The number of amides is 1. The molecule has 0 bridgehead atoms. The van der Waals surface area contributed by atoms with Gasteiger partial charge in [-0.15, -0.1) is 11.3 Å². The Balaban J connectivity index is 1.46. The van der Waals surface area contributed by atoms with E-state index >= 15 is 0 Å². The molecule has 3 heterocycles. The van der Waals surface area contributed by atoms with Crippen LogP contribution in [-0.2, 0) is 21.0 Å². The van der Waals surface area contributed by atoms with Crippen LogP contribution in [0.3, 0.4) is 0 Å². The normalized spacial score (nSPS) is 21.5. The van der Waals surface area contributed by atoms with Gasteiger partial charge in [-0.3, -0.25) is 4.79 Å². The number of piperidine rings is 1. The van der Waals surface area contributed by atoms with Gasteiger partial charge in [-0.1, -0.05) is 18.2 Å². The molecule has 2 aliphatic rings. The third kappa shape index (κ3) is 4.38. The molecule has 31 heavy (non-hydrogen) atoms. The van der Waals surface area contributed by atoms with Crippen LogP contribution in [0.25, 0.3) is 0 Å². The lowest BCUT2D eigenvalue weighted by atomic mass is 9.96. The van der Waals surface area contributed by atoms with Gasteiger partial charge in [-0.25, -0.2) is 8.42 Å². The zero-order chi connectivity index (χ0) is 22.2. The Morgan fingerprint density at radius 2 is 1.71 bits per heavy atom. The average Bonchev–Trinajstić information content (AvgIpc) is 3.44. The molecule has 2 aliphatic heterocycles. The minimum Gasteiger partial charge on any atom is -0.335 e. The van der Waals surface area contributed by atoms with Crippen molar-refractivity contribution in [3.8, 4) is 0 Å². The molecular formula is C21H23F3N2O3S2. The van der Waals surface area contributed by atoms with Crippen molar-refractivity contribution >= 4 is 27.3 Å². The predicted molar refractivity (Wildman–Crippen MR) is 111 cm³/mol. The second-order valence-corrected chi connectivity index (χ2v) is 10.8. The van der Waals surface area contributed by atoms with Gasteiger partial charge < -0.3 is 4.90 Å². The summed E-state index contributed by atoms with van der Waals surface area (Å²) < 4.78 is 66.8. The third-order valence-corrected chi connectivity index (χ3v) is 8.95. The quantitative estimate of drug-likeness (QED) is 0.657. The summed E-state index contributed by atoms with van der Waals surface area (Å²) in [5.41, 5.74) is -1.16. The van der Waals surface area contributed by atoms with Crippen LogP contribution in [0.1, 0.15) is 42.2 Å². The topological polar surface area (TPSA) is 57.7 Å². The molecule has 0 saturated carbocycles. The number of likely N-dealkylation sites (tertiary alicyclic amines) is 1. The van der Waals surface area contributed by atoms with E-state index in [4.69, 9.17) is 0 Å². The van der Waals surface area contributed by atoms with E-state index in [9.17, 15) is 26.4 Å². The standard InChI is InChI=1S/C21H23F3N2O3S2/c22-21(23,24)16-5-1-2-8-19(16)31(28,29)25-12-9-15(10-13-25)20(27)26-11-3-6-17(26)18-7-4-14-30-18/h1-2,4-5,7-8,14-15,17H,3,6,9-13H2/t17-/m1/s1. The van der Waals surface area contributed by atoms with Crippen molar-refractivity contribution in [1.82, 2.24) is 9.21 Å². The maximum Gasteiger partial charge on any atom is 0.417 e. The first-order valence-electron chi connectivity index (χ1n) is 10.2. The highest BCUT2D eigenvalue weighted by Crippen LogP contribution is 2.38. The number of thiophene rings is 1. The van der Waals surface area contributed by atoms with Crippen LogP contribution in [0, 0.1) is 5.92 Å². The number of hydrogen-bond donors (Lipinski definition) is 0. The number of sulfonamides is 1. The summed E-state index contributed by atoms with van der Waals surface area (Å²) in [6, 6.07) is 8.28. The number of nitrogens with zero attached hydrogens (tertiary/aromatic N) is 2. The largest absolute Gasteiger partial charge is 0.417 e. The zero-order valence-electron chi connectivity index (χ0n) is 16.7. The minimum absolute atomic E-state index is 0.0173. The molecule has 0 N–H and O–H groups in total. The monoisotopic (exact) mass is 472 g/mol. The second kappa shape index (κ2) is 8.55. The van der Waals surface area contributed by atoms with E-state index in [1.807, 2.05) is 22.4 Å². The Bertz CT molecular complexity index is 1030. The molecule has 0 aliphatic carbocycles. The van der Waals surface area contributed by atoms with Crippen molar-refractivity contribution in [3.63, 3.8) is 0 Å². The van der Waals surface area contributed by atoms with Crippen molar-refractivity contribution in [2.45, 2.75) is 42.8 Å². The van der Waals surface area contributed by atoms with Gasteiger partial charge in [-0.2, -0.15) is 17.5 Å². The molecule has 1 aromatic carbocycles. The zero-order valence-corrected chi connectivity index (χ0v) is 18.3. The lowest BCUT2D eigenvalue weighted by Gasteiger charge is -2.34. The Morgan fingerprint density at radius 3 is 2.35 bits per heavy atom. The molecule has 4 rings (SSSR count). The fraction of sp³-hybridized carbons (Fsp3) is 0.476. The fourth-order valence-corrected chi connectivity index (χ4v) is 7.01. The van der Waals surface area contributed by atoms with Gasteiger partial charge >= 0.3 is 6.18 Å². The van der Waals surface area contributed by atoms with Gasteiger partial charge in [-0.05, 0) is 49.3 Å². The molecule has 0 spiro atoms. The van der Waals surface area contributed by atoms with Crippen molar-refractivity contribution in [2.75, 3.05) is 19.6 Å². The summed E-state index contributed by atoms with van der Waals surface area (Å²) in [7, 11) is -4.30. The summed E-state index contributed by atoms with van der Waals surface area (Å²) >= 11 is 1.62. The summed E-state index contributed by atoms with van der Waals surface area (Å²) in [5.74, 6) is -0.298. The molecule has 0 unspecified atom stereocenters. The molecule has 1 atom stereocenters. The number of carbonyl (C=O) groups is 1. The Labute approximate surface area is 183 Å². The van der Waals surface area contributed by atoms with Crippen LogP contribution in [-0.4, -0.2) is 43.2 Å². The molecule has 168 valence electrons. The van der Waals surface area contributed by atoms with Crippen molar-refractivity contribution < 1.29 is 26.4 Å². The minimum atomic E-state index is -4.76. The Kier molecular flexibility index (Phi) is 6.15. The highest BCUT2D eigenvalue weighted by Gasteiger charge is 2.41. The number of halogens is 3. The van der Waals surface area contributed by atoms with E-state index in [2.05, 4.69) is 0 Å². The van der Waals surface area contributed by atoms with E-state index in [1.165, 1.54) is 12.1 Å². The van der Waals surface area contributed by atoms with Crippen LogP contribution in [0.2, 0.25) is 0 Å². The van der Waals surface area contributed by atoms with E-state index in [0.717, 1.165) is 34.2 Å². The van der Waals surface area contributed by atoms with E-state index < -0.39 is 26.7 Å². The molecule has 2 saturated heterocycles. The highest BCUT2D eigenvalue weighted by molar-refractivity contribution is 7.89. The lowest BCUT2D eigenvalue weighted by Crippen LogP contribution is -2.44. The maximum absolute atomic E-state index is 13.3. The Morgan fingerprint density at radius 1 is 1.00 bits per heavy atom. The molecule has 1 amide bonds. The third-order valence-electron chi connectivity index (χ3n) is 6.02. The number of rotatable bonds is 4. The molecule has 5 nitrogen and oxygen atoms in total. The first-order valence-corrected chi connectivity index (χ1v) is 12.5. The maximum atomic E-state index is 13.3. The van der Waals surface area contributed by atoms with Crippen LogP contribution >= 0.6 is 11.3 Å². The second-order valence-electron chi connectivity index (χ2n) is 7.88. The smallest absolute Gasteiger partial charge is 0.335 e. The van der Waals surface area contributed by atoms with Crippen molar-refractivity contribution in [1.29, 1.82) is 0 Å². The molecule has 0 radical (unpaired) electrons. The van der Waals surface area contributed by atoms with Crippen molar-refractivity contribution in [2.24, 2.45) is 5.92 Å². The molecule has 1 aromatic heterocycles. The fourth-order valence-electron chi connectivity index (χ4n) is 4.45. The highest BCUT2D eigenvalue weighted by atomic mass is 32.2. The van der Waals surface area contributed by atoms with Crippen LogP contribution in [0.5, 0.6) is 0 Å². The van der Waals surface area contributed by atoms with E-state index in [0.29, 0.717) is 19.4 Å². The first kappa shape index (κ1) is 22.3. The molecule has 2 fully saturated rings. The van der Waals surface area contributed by atoms with E-state index in [1.54, 1.807) is 11.3 Å². The van der Waals surface area contributed by atoms with Crippen LogP contribution < -0.4 is 0 Å². The number of benzene rings is 1. The van der Waals surface area contributed by atoms with Crippen LogP contribution in [0.15, 0.2) is 46.7 Å². The van der Waals surface area contributed by atoms with Gasteiger partial charge in [0.2, 0.25) is 15.9 Å². The number of carbonyl (C=O) groups excluding carboxylic acids is 1. The molecule has 10 heteroatoms. The van der Waals surface area contributed by atoms with Gasteiger partial charge in [0.25, 0.3) is 0 Å². The number of alkyl halides is 3. The van der Waals surface area contributed by atoms with E-state index in [-0.39, 0.29) is 31.0 Å². The van der Waals surface area contributed by atoms with Gasteiger partial charge in [0.1, 0.15) is 0 Å². The Hall–Kier alpha value is -1.91.